The summed E-state index contributed by atoms with van der Waals surface area (Å²) in [4.78, 5) is 27.0. The number of anilines is 1. The van der Waals surface area contributed by atoms with E-state index in [2.05, 4.69) is 20.5 Å². The second-order valence-corrected chi connectivity index (χ2v) is 5.08. The van der Waals surface area contributed by atoms with Crippen LogP contribution >= 0.6 is 0 Å². The quantitative estimate of drug-likeness (QED) is 0.693. The summed E-state index contributed by atoms with van der Waals surface area (Å²) in [6.07, 6.45) is 0.758. The number of carbonyl (C=O) groups excluding carboxylic acids is 1. The zero-order valence-electron chi connectivity index (χ0n) is 12.4. The van der Waals surface area contributed by atoms with Gasteiger partial charge in [0.25, 0.3) is 5.91 Å². The highest BCUT2D eigenvalue weighted by molar-refractivity contribution is 6.12. The van der Waals surface area contributed by atoms with Gasteiger partial charge >= 0.3 is 0 Å². The fourth-order valence-electron chi connectivity index (χ4n) is 2.56. The number of nitrogens with zero attached hydrogens (tertiary/aromatic N) is 1. The highest BCUT2D eigenvalue weighted by Gasteiger charge is 2.15. The third-order valence-electron chi connectivity index (χ3n) is 3.65. The minimum absolute atomic E-state index is 0.308. The van der Waals surface area contributed by atoms with E-state index in [1.54, 1.807) is 12.1 Å². The smallest absolute Gasteiger partial charge is 0.257 e. The third kappa shape index (κ3) is 2.39. The van der Waals surface area contributed by atoms with E-state index in [0.29, 0.717) is 22.3 Å². The Morgan fingerprint density at radius 2 is 2.09 bits per heavy atom. The predicted octanol–water partition coefficient (Wildman–Crippen LogP) is 2.37. The summed E-state index contributed by atoms with van der Waals surface area (Å²) < 4.78 is 0. The van der Waals surface area contributed by atoms with Gasteiger partial charge in [0.15, 0.2) is 5.82 Å². The first-order valence-corrected chi connectivity index (χ1v) is 7.07. The highest BCUT2D eigenvalue weighted by atomic mass is 16.2. The Hall–Kier alpha value is -2.89. The van der Waals surface area contributed by atoms with Crippen LogP contribution in [0.1, 0.15) is 28.5 Å². The fourth-order valence-corrected chi connectivity index (χ4v) is 2.56. The van der Waals surface area contributed by atoms with Gasteiger partial charge in [-0.15, -0.1) is 0 Å². The number of aromatic nitrogens is 3. The molecule has 0 aliphatic heterocycles. The Morgan fingerprint density at radius 3 is 2.86 bits per heavy atom. The summed E-state index contributed by atoms with van der Waals surface area (Å²) >= 11 is 0. The van der Waals surface area contributed by atoms with Gasteiger partial charge in [-0.05, 0) is 19.4 Å². The number of rotatable bonds is 3. The molecule has 2 heterocycles. The van der Waals surface area contributed by atoms with Gasteiger partial charge in [-0.25, -0.2) is 0 Å². The number of aryl methyl sites for hydroxylation is 1. The van der Waals surface area contributed by atoms with Crippen molar-refractivity contribution in [3.05, 3.63) is 57.5 Å². The van der Waals surface area contributed by atoms with Crippen LogP contribution in [0.25, 0.3) is 10.9 Å². The van der Waals surface area contributed by atoms with Crippen LogP contribution in [0.5, 0.6) is 0 Å². The number of hydrogen-bond acceptors (Lipinski definition) is 3. The van der Waals surface area contributed by atoms with Gasteiger partial charge in [-0.1, -0.05) is 25.1 Å². The first kappa shape index (κ1) is 14.1. The van der Waals surface area contributed by atoms with Crippen LogP contribution in [0.2, 0.25) is 0 Å². The Kier molecular flexibility index (Phi) is 3.50. The van der Waals surface area contributed by atoms with Gasteiger partial charge in [0, 0.05) is 28.2 Å². The van der Waals surface area contributed by atoms with E-state index in [4.69, 9.17) is 0 Å². The van der Waals surface area contributed by atoms with Gasteiger partial charge in [-0.3, -0.25) is 14.7 Å². The largest absolute Gasteiger partial charge is 0.322 e. The van der Waals surface area contributed by atoms with Crippen molar-refractivity contribution in [1.82, 2.24) is 15.2 Å². The van der Waals surface area contributed by atoms with Crippen molar-refractivity contribution in [2.75, 3.05) is 5.32 Å². The molecule has 1 amide bonds. The van der Waals surface area contributed by atoms with E-state index in [0.717, 1.165) is 17.7 Å². The molecule has 0 aliphatic rings. The number of pyridine rings is 1. The Balaban J connectivity index is 2.04. The van der Waals surface area contributed by atoms with Crippen LogP contribution in [0, 0.1) is 6.92 Å². The summed E-state index contributed by atoms with van der Waals surface area (Å²) in [6.45, 7) is 3.90. The number of para-hydroxylation sites is 1. The topological polar surface area (TPSA) is 90.6 Å². The second-order valence-electron chi connectivity index (χ2n) is 5.08. The van der Waals surface area contributed by atoms with E-state index in [1.807, 2.05) is 26.0 Å². The predicted molar refractivity (Wildman–Crippen MR) is 85.2 cm³/mol. The maximum absolute atomic E-state index is 12.5. The van der Waals surface area contributed by atoms with Crippen molar-refractivity contribution in [2.24, 2.45) is 0 Å². The van der Waals surface area contributed by atoms with Gasteiger partial charge in [0.2, 0.25) is 5.56 Å². The van der Waals surface area contributed by atoms with Gasteiger partial charge in [0.1, 0.15) is 0 Å². The third-order valence-corrected chi connectivity index (χ3v) is 3.65. The average molecular weight is 296 g/mol. The number of amides is 1. The molecule has 0 saturated heterocycles. The van der Waals surface area contributed by atoms with E-state index in [-0.39, 0.29) is 11.5 Å². The maximum atomic E-state index is 12.5. The van der Waals surface area contributed by atoms with Crippen LogP contribution in [0.15, 0.2) is 35.1 Å². The number of nitrogens with one attached hydrogen (secondary N) is 3. The monoisotopic (exact) mass is 296 g/mol. The summed E-state index contributed by atoms with van der Waals surface area (Å²) in [7, 11) is 0. The molecule has 1 aromatic carbocycles. The van der Waals surface area contributed by atoms with Crippen molar-refractivity contribution in [2.45, 2.75) is 20.3 Å². The van der Waals surface area contributed by atoms with Crippen molar-refractivity contribution < 1.29 is 4.79 Å². The molecule has 0 saturated carbocycles. The molecule has 0 radical (unpaired) electrons. The summed E-state index contributed by atoms with van der Waals surface area (Å²) in [5, 5.41) is 10.5. The molecule has 112 valence electrons. The molecule has 0 fully saturated rings. The lowest BCUT2D eigenvalue weighted by Gasteiger charge is -2.07. The number of H-pyrrole nitrogens is 2. The van der Waals surface area contributed by atoms with Crippen molar-refractivity contribution >= 4 is 22.6 Å². The zero-order chi connectivity index (χ0) is 15.7. The van der Waals surface area contributed by atoms with Crippen LogP contribution in [0.3, 0.4) is 0 Å². The molecule has 2 aromatic heterocycles. The van der Waals surface area contributed by atoms with Crippen LogP contribution in [0.4, 0.5) is 5.82 Å². The Morgan fingerprint density at radius 1 is 1.32 bits per heavy atom. The van der Waals surface area contributed by atoms with Gasteiger partial charge in [-0.2, -0.15) is 5.10 Å². The molecular formula is C16H16N4O2. The minimum Gasteiger partial charge on any atom is -0.322 e. The first-order chi connectivity index (χ1) is 10.6. The van der Waals surface area contributed by atoms with Gasteiger partial charge < -0.3 is 10.3 Å². The normalized spacial score (nSPS) is 10.8. The fraction of sp³-hybridized carbons (Fsp3) is 0.188. The molecular weight excluding hydrogens is 280 g/mol. The lowest BCUT2D eigenvalue weighted by atomic mass is 10.1. The van der Waals surface area contributed by atoms with E-state index in [1.165, 1.54) is 6.07 Å². The molecule has 0 aliphatic carbocycles. The molecule has 0 unspecified atom stereocenters. The molecule has 6 nitrogen and oxygen atoms in total. The van der Waals surface area contributed by atoms with Crippen molar-refractivity contribution in [1.29, 1.82) is 0 Å². The number of benzene rings is 1. The van der Waals surface area contributed by atoms with Crippen LogP contribution in [-0.4, -0.2) is 21.1 Å². The number of aromatic amines is 2. The average Bonchev–Trinajstić information content (AvgIpc) is 2.86. The maximum Gasteiger partial charge on any atom is 0.257 e. The minimum atomic E-state index is -0.344. The molecule has 22 heavy (non-hydrogen) atoms. The second kappa shape index (κ2) is 5.48. The summed E-state index contributed by atoms with van der Waals surface area (Å²) in [6, 6.07) is 8.52. The number of fused-ring (bicyclic) bond motifs is 1. The highest BCUT2D eigenvalue weighted by Crippen LogP contribution is 2.19. The lowest BCUT2D eigenvalue weighted by Crippen LogP contribution is -2.17. The van der Waals surface area contributed by atoms with Crippen molar-refractivity contribution in [3.8, 4) is 0 Å². The zero-order valence-corrected chi connectivity index (χ0v) is 12.4. The van der Waals surface area contributed by atoms with E-state index < -0.39 is 0 Å². The lowest BCUT2D eigenvalue weighted by molar-refractivity contribution is 0.102. The number of hydrogen-bond donors (Lipinski definition) is 3. The molecule has 3 rings (SSSR count). The Labute approximate surface area is 126 Å². The van der Waals surface area contributed by atoms with Gasteiger partial charge in [0.05, 0.1) is 5.56 Å². The molecule has 0 spiro atoms. The summed E-state index contributed by atoms with van der Waals surface area (Å²) in [5.74, 6) is 0.165. The molecule has 3 N–H and O–H groups in total. The number of carbonyl (C=O) groups is 1. The van der Waals surface area contributed by atoms with Crippen LogP contribution in [-0.2, 0) is 6.42 Å². The van der Waals surface area contributed by atoms with E-state index >= 15 is 0 Å². The van der Waals surface area contributed by atoms with E-state index in [9.17, 15) is 9.59 Å². The molecule has 6 heteroatoms. The Bertz CT molecular complexity index is 908. The molecule has 0 atom stereocenters. The molecule has 3 aromatic rings. The van der Waals surface area contributed by atoms with Crippen molar-refractivity contribution in [3.63, 3.8) is 0 Å². The summed E-state index contributed by atoms with van der Waals surface area (Å²) in [5.41, 5.74) is 2.55. The molecule has 0 bridgehead atoms. The SMILES string of the molecule is CCc1c(NC(=O)c2cc(=O)[nH]c3ccccc23)n[nH]c1C. The van der Waals surface area contributed by atoms with Crippen LogP contribution < -0.4 is 10.9 Å². The standard InChI is InChI=1S/C16H16N4O2/c1-3-10-9(2)19-20-15(10)18-16(22)12-8-14(21)17-13-7-5-4-6-11(12)13/h4-8H,3H2,1-2H3,(H,17,21)(H2,18,19,20,22). The first-order valence-electron chi connectivity index (χ1n) is 7.07.